The Morgan fingerprint density at radius 3 is 0.605 bits per heavy atom. The van der Waals surface area contributed by atoms with Crippen molar-refractivity contribution in [1.29, 1.82) is 0 Å². The minimum atomic E-state index is -2.44. The van der Waals surface area contributed by atoms with Crippen LogP contribution in [0.5, 0.6) is 0 Å². The summed E-state index contributed by atoms with van der Waals surface area (Å²) in [5, 5.41) is 96.4. The van der Waals surface area contributed by atoms with Gasteiger partial charge in [-0.2, -0.15) is 0 Å². The van der Waals surface area contributed by atoms with Crippen molar-refractivity contribution in [2.75, 3.05) is 0 Å². The lowest BCUT2D eigenvalue weighted by Gasteiger charge is -2.18. The molecule has 0 aromatic carbocycles. The molecule has 0 aromatic heterocycles. The van der Waals surface area contributed by atoms with Gasteiger partial charge in [0.2, 0.25) is 0 Å². The van der Waals surface area contributed by atoms with E-state index in [2.05, 4.69) is 0 Å². The van der Waals surface area contributed by atoms with Crippen LogP contribution in [0.1, 0.15) is 13.8 Å². The number of rotatable bonds is 4. The zero-order valence-corrected chi connectivity index (χ0v) is 22.7. The first kappa shape index (κ1) is 84.1. The molecule has 0 aromatic rings. The maximum Gasteiger partial charge on any atom is 0.124 e. The lowest BCUT2D eigenvalue weighted by Crippen LogP contribution is -2.51. The van der Waals surface area contributed by atoms with Crippen LogP contribution < -0.4 is 90.1 Å². The van der Waals surface area contributed by atoms with Gasteiger partial charge in [-0.25, -0.2) is 0 Å². The van der Waals surface area contributed by atoms with E-state index in [0.29, 0.717) is 0 Å². The lowest BCUT2D eigenvalue weighted by atomic mass is 10.2. The van der Waals surface area contributed by atoms with E-state index in [4.69, 9.17) is 60.0 Å². The van der Waals surface area contributed by atoms with Gasteiger partial charge in [0.1, 0.15) is 12.2 Å². The van der Waals surface area contributed by atoms with Crippen molar-refractivity contribution in [3.8, 4) is 0 Å². The third kappa shape index (κ3) is 121. The zero-order valence-electron chi connectivity index (χ0n) is 22.7. The summed E-state index contributed by atoms with van der Waals surface area (Å²) in [6.45, 7) is 2.11. The molecule has 3 unspecified atom stereocenters. The molecule has 35 N–H and O–H groups in total. The maximum atomic E-state index is 9.63. The quantitative estimate of drug-likeness (QED) is 0.136. The molecule has 38 heavy (non-hydrogen) atoms. The molecule has 3 atom stereocenters. The van der Waals surface area contributed by atoms with Gasteiger partial charge in [0.15, 0.2) is 0 Å². The Bertz CT molecular complexity index is 556. The third-order valence-electron chi connectivity index (χ3n) is 1.29. The summed E-state index contributed by atoms with van der Waals surface area (Å²) in [6.07, 6.45) is -8.56. The van der Waals surface area contributed by atoms with Gasteiger partial charge >= 0.3 is 0 Å². The first-order chi connectivity index (χ1) is 13.2. The van der Waals surface area contributed by atoms with E-state index in [-0.39, 0.29) is 49.2 Å². The Labute approximate surface area is 214 Å². The Morgan fingerprint density at radius 1 is 0.474 bits per heavy atom. The first-order valence-corrected chi connectivity index (χ1v) is 6.36. The molecule has 0 spiro atoms. The predicted octanol–water partition coefficient (Wildman–Crippen LogP) is -10.9. The second kappa shape index (κ2) is 49.7. The number of aliphatic hydroxyl groups is 3. The van der Waals surface area contributed by atoms with Crippen LogP contribution in [0.25, 0.3) is 0 Å². The molecule has 0 saturated heterocycles. The van der Waals surface area contributed by atoms with Crippen molar-refractivity contribution in [1.82, 2.24) is 49.2 Å². The fourth-order valence-corrected chi connectivity index (χ4v) is 0.258. The molecule has 0 aliphatic carbocycles. The van der Waals surface area contributed by atoms with Crippen LogP contribution in [0.4, 0.5) is 4.79 Å². The highest BCUT2D eigenvalue weighted by atomic mass is 16.6. The molecule has 26 heteroatoms. The second-order valence-corrected chi connectivity index (χ2v) is 3.84. The average molecular weight is 589 g/mol. The topological polar surface area (TPSA) is 657 Å². The summed E-state index contributed by atoms with van der Waals surface area (Å²) in [4.78, 5) is 63.7. The van der Waals surface area contributed by atoms with Gasteiger partial charge in [0, 0.05) is 5.97 Å². The summed E-state index contributed by atoms with van der Waals surface area (Å²) in [5.74, 6) is -11.0. The highest BCUT2D eigenvalue weighted by molar-refractivity contribution is 6.25. The molecular weight excluding hydrogens is 544 g/mol. The monoisotopic (exact) mass is 588 g/mol. The molecule has 0 aliphatic rings. The number of hydrogen-bond donors (Lipinski definition) is 11. The van der Waals surface area contributed by atoms with Crippen LogP contribution in [-0.4, -0.2) is 75.6 Å². The minimum Gasteiger partial charge on any atom is -0.652 e. The third-order valence-corrected chi connectivity index (χ3v) is 1.29. The Hall–Kier alpha value is -4.35. The largest absolute Gasteiger partial charge is 0.652 e. The number of aliphatic carboxylic acids is 6. The van der Waals surface area contributed by atoms with Gasteiger partial charge in [-0.3, -0.25) is 0 Å². The lowest BCUT2D eigenvalue weighted by molar-refractivity contribution is -0.415. The average Bonchev–Trinajstić information content (AvgIpc) is 2.53. The van der Waals surface area contributed by atoms with E-state index < -0.39 is 60.3 Å². The highest BCUT2D eigenvalue weighted by Gasteiger charge is 2.17. The van der Waals surface area contributed by atoms with Gasteiger partial charge in [0.25, 0.3) is 0 Å². The van der Waals surface area contributed by atoms with Crippen LogP contribution in [-0.2, 0) is 28.8 Å². The smallest absolute Gasteiger partial charge is 0.124 e. The zero-order chi connectivity index (χ0) is 25.8. The molecule has 240 valence electrons. The van der Waals surface area contributed by atoms with Crippen molar-refractivity contribution < 1.29 is 89.7 Å². The summed E-state index contributed by atoms with van der Waals surface area (Å²) in [6, 6.07) is 0. The molecule has 0 radical (unpaired) electrons. The maximum absolute atomic E-state index is 9.63. The van der Waals surface area contributed by atoms with Crippen molar-refractivity contribution in [3.05, 3.63) is 0 Å². The van der Waals surface area contributed by atoms with Gasteiger partial charge in [0.05, 0.1) is 36.0 Å². The van der Waals surface area contributed by atoms with Crippen LogP contribution in [0, 0.1) is 0 Å². The van der Waals surface area contributed by atoms with Crippen molar-refractivity contribution in [2.24, 2.45) is 0 Å². The summed E-state index contributed by atoms with van der Waals surface area (Å²) in [5.41, 5.74) is 0. The fraction of sp³-hybridized carbons (Fsp3) is 0.417. The van der Waals surface area contributed by atoms with Gasteiger partial charge in [-0.1, -0.05) is 0 Å². The van der Waals surface area contributed by atoms with Crippen LogP contribution >= 0.6 is 0 Å². The minimum absolute atomic E-state index is 0. The van der Waals surface area contributed by atoms with E-state index in [9.17, 15) is 29.7 Å². The van der Waals surface area contributed by atoms with Crippen molar-refractivity contribution in [2.45, 2.75) is 32.2 Å². The van der Waals surface area contributed by atoms with Crippen LogP contribution in [0.2, 0.25) is 0 Å². The Kier molecular flexibility index (Phi) is 110. The number of aliphatic hydroxyl groups excluding tert-OH is 3. The summed E-state index contributed by atoms with van der Waals surface area (Å²) >= 11 is 0. The number of hydrogen-bond acceptors (Lipinski definition) is 18. The first-order valence-electron chi connectivity index (χ1n) is 6.36. The van der Waals surface area contributed by atoms with E-state index >= 15 is 0 Å². The van der Waals surface area contributed by atoms with Crippen LogP contribution in [0.3, 0.4) is 0 Å². The van der Waals surface area contributed by atoms with Gasteiger partial charge in [-0.15, -0.1) is 0 Å². The molecule has 26 nitrogen and oxygen atoms in total. The molecule has 0 fully saturated rings. The number of carboxylic acids is 6. The Balaban J connectivity index is -0.0000000184. The highest BCUT2D eigenvalue weighted by Crippen LogP contribution is 1.89. The molecule has 0 rings (SSSR count). The van der Waals surface area contributed by atoms with Crippen molar-refractivity contribution >= 4 is 42.0 Å². The van der Waals surface area contributed by atoms with Crippen molar-refractivity contribution in [3.63, 3.8) is 0 Å². The van der Waals surface area contributed by atoms with E-state index in [0.717, 1.165) is 13.8 Å². The normalized spacial score (nSPS) is 8.76. The number of quaternary nitrogens is 8. The Morgan fingerprint density at radius 2 is 0.579 bits per heavy atom. The summed E-state index contributed by atoms with van der Waals surface area (Å²) in [7, 11) is 0. The predicted molar refractivity (Wildman–Crippen MR) is 113 cm³/mol. The van der Waals surface area contributed by atoms with E-state index in [1.165, 1.54) is 0 Å². The standard InChI is InChI=1S/C4H6O6.C3H6O3.C2H2O4.C2H4O2.CH2O3.8H3N/c5-1(3(7)8)2(6)4(9)10;1-2(4)3(5)6;3-1(4)2(5)6;1-2(3)4;2-1(3)4;;;;;;;;/h1-2,5-6H,(H,7,8)(H,9,10);2,4H,1H3,(H,5,6);(H,3,4)(H,5,6);1H3,(H,3,4);(H2,2,3,4);8*1H3. The fourth-order valence-electron chi connectivity index (χ4n) is 0.258. The number of carbonyl (C=O) groups is 7. The molecular formula is C12H44N8O18. The second-order valence-electron chi connectivity index (χ2n) is 3.84. The molecule has 0 aliphatic heterocycles. The SMILES string of the molecule is CC(=O)[O-].CC(O)C(=O)[O-].O=C([O-])C(=O)[O-].O=C([O-])C(O)C(O)C(=O)[O-].O=C([O-])[O-].[NH4+].[NH4+].[NH4+].[NH4+].[NH4+].[NH4+].[NH4+].[NH4+]. The number of carboxylic acid groups (broad SMARTS) is 8. The number of carbonyl (C=O) groups excluding carboxylic acids is 7. The summed E-state index contributed by atoms with van der Waals surface area (Å²) < 4.78 is 0. The molecule has 0 saturated carbocycles. The van der Waals surface area contributed by atoms with E-state index in [1.807, 2.05) is 0 Å². The van der Waals surface area contributed by atoms with E-state index in [1.54, 1.807) is 0 Å². The van der Waals surface area contributed by atoms with Crippen LogP contribution in [0.15, 0.2) is 0 Å². The van der Waals surface area contributed by atoms with Gasteiger partial charge in [-0.05, 0) is 20.0 Å². The molecule has 0 heterocycles. The van der Waals surface area contributed by atoms with Gasteiger partial charge < -0.3 is 139 Å². The molecule has 0 bridgehead atoms. The molecule has 0 amide bonds.